The number of allylic oxidation sites excluding steroid dienone is 4. The molecule has 0 heterocycles. The Morgan fingerprint density at radius 2 is 1.16 bits per heavy atom. The van der Waals surface area contributed by atoms with Crippen molar-refractivity contribution in [2.45, 2.75) is 124 Å². The van der Waals surface area contributed by atoms with E-state index in [1.54, 1.807) is 0 Å². The van der Waals surface area contributed by atoms with Crippen molar-refractivity contribution in [3.8, 4) is 0 Å². The van der Waals surface area contributed by atoms with Crippen LogP contribution in [0.2, 0.25) is 0 Å². The molecule has 0 rings (SSSR count). The van der Waals surface area contributed by atoms with Gasteiger partial charge in [0.05, 0.1) is 0 Å². The predicted octanol–water partition coefficient (Wildman–Crippen LogP) is 8.34. The zero-order valence-electron chi connectivity index (χ0n) is 17.7. The van der Waals surface area contributed by atoms with Gasteiger partial charge in [0.2, 0.25) is 0 Å². The summed E-state index contributed by atoms with van der Waals surface area (Å²) in [6.07, 6.45) is 23.2. The first kappa shape index (κ1) is 24.1. The summed E-state index contributed by atoms with van der Waals surface area (Å²) in [6.45, 7) is 8.53. The molecular formula is C24H44O. The van der Waals surface area contributed by atoms with Gasteiger partial charge in [0, 0.05) is 12.8 Å². The molecule has 0 atom stereocenters. The molecule has 0 amide bonds. The lowest BCUT2D eigenvalue weighted by Crippen LogP contribution is -1.99. The summed E-state index contributed by atoms with van der Waals surface area (Å²) in [5.74, 6) is 0.413. The number of carbonyl (C=O) groups excluding carboxylic acids is 1. The van der Waals surface area contributed by atoms with E-state index < -0.39 is 0 Å². The maximum atomic E-state index is 11.8. The van der Waals surface area contributed by atoms with Crippen LogP contribution in [0.25, 0.3) is 0 Å². The first-order valence-electron chi connectivity index (χ1n) is 10.9. The van der Waals surface area contributed by atoms with Gasteiger partial charge in [0.25, 0.3) is 0 Å². The Kier molecular flexibility index (Phi) is 17.3. The van der Waals surface area contributed by atoms with E-state index in [0.717, 1.165) is 12.8 Å². The topological polar surface area (TPSA) is 17.1 Å². The van der Waals surface area contributed by atoms with Gasteiger partial charge in [0.1, 0.15) is 5.78 Å². The fourth-order valence-corrected chi connectivity index (χ4v) is 2.95. The molecular weight excluding hydrogens is 304 g/mol. The number of rotatable bonds is 17. The highest BCUT2D eigenvalue weighted by Crippen LogP contribution is 2.13. The van der Waals surface area contributed by atoms with Gasteiger partial charge in [-0.2, -0.15) is 0 Å². The molecule has 1 nitrogen and oxygen atoms in total. The van der Waals surface area contributed by atoms with Gasteiger partial charge < -0.3 is 0 Å². The molecule has 0 saturated carbocycles. The monoisotopic (exact) mass is 348 g/mol. The minimum Gasteiger partial charge on any atom is -0.299 e. The Labute approximate surface area is 158 Å². The molecule has 25 heavy (non-hydrogen) atoms. The third-order valence-electron chi connectivity index (χ3n) is 5.03. The van der Waals surface area contributed by atoms with Crippen LogP contribution in [0, 0.1) is 0 Å². The number of unbranched alkanes of at least 4 members (excludes halogenated alkanes) is 11. The molecule has 0 aromatic heterocycles. The van der Waals surface area contributed by atoms with Crippen LogP contribution in [0.15, 0.2) is 23.3 Å². The summed E-state index contributed by atoms with van der Waals surface area (Å²) in [4.78, 5) is 11.8. The van der Waals surface area contributed by atoms with Gasteiger partial charge in [-0.15, -0.1) is 0 Å². The first-order valence-corrected chi connectivity index (χ1v) is 10.9. The molecule has 0 saturated heterocycles. The summed E-state index contributed by atoms with van der Waals surface area (Å²) in [7, 11) is 0. The van der Waals surface area contributed by atoms with Gasteiger partial charge in [-0.25, -0.2) is 0 Å². The van der Waals surface area contributed by atoms with E-state index in [1.165, 1.54) is 88.2 Å². The second-order valence-corrected chi connectivity index (χ2v) is 7.83. The van der Waals surface area contributed by atoms with Gasteiger partial charge in [-0.05, 0) is 52.9 Å². The second-order valence-electron chi connectivity index (χ2n) is 7.83. The highest BCUT2D eigenvalue weighted by Gasteiger charge is 2.03. The van der Waals surface area contributed by atoms with E-state index >= 15 is 0 Å². The van der Waals surface area contributed by atoms with Crippen molar-refractivity contribution in [2.75, 3.05) is 0 Å². The molecule has 0 aromatic carbocycles. The van der Waals surface area contributed by atoms with Crippen LogP contribution >= 0.6 is 0 Å². The SMILES string of the molecule is CCCCCCCC/C=C\CCCCCCCC(=O)CC(C)=C(C)C. The van der Waals surface area contributed by atoms with E-state index in [9.17, 15) is 4.79 Å². The fraction of sp³-hybridized carbons (Fsp3) is 0.792. The van der Waals surface area contributed by atoms with Crippen molar-refractivity contribution in [1.29, 1.82) is 0 Å². The summed E-state index contributed by atoms with van der Waals surface area (Å²) in [5.41, 5.74) is 2.54. The lowest BCUT2D eigenvalue weighted by atomic mass is 10.0. The van der Waals surface area contributed by atoms with E-state index in [-0.39, 0.29) is 0 Å². The highest BCUT2D eigenvalue weighted by atomic mass is 16.1. The Bertz CT molecular complexity index is 372. The van der Waals surface area contributed by atoms with Crippen molar-refractivity contribution < 1.29 is 4.79 Å². The molecule has 0 fully saturated rings. The van der Waals surface area contributed by atoms with Crippen LogP contribution in [-0.4, -0.2) is 5.78 Å². The van der Waals surface area contributed by atoms with Crippen molar-refractivity contribution in [2.24, 2.45) is 0 Å². The van der Waals surface area contributed by atoms with E-state index in [2.05, 4.69) is 39.8 Å². The summed E-state index contributed by atoms with van der Waals surface area (Å²) in [6, 6.07) is 0. The Morgan fingerprint density at radius 3 is 1.68 bits per heavy atom. The lowest BCUT2D eigenvalue weighted by Gasteiger charge is -2.04. The van der Waals surface area contributed by atoms with Crippen LogP contribution in [0.1, 0.15) is 124 Å². The number of hydrogen-bond acceptors (Lipinski definition) is 1. The average molecular weight is 349 g/mol. The average Bonchev–Trinajstić information content (AvgIpc) is 2.58. The predicted molar refractivity (Wildman–Crippen MR) is 113 cm³/mol. The van der Waals surface area contributed by atoms with E-state index in [0.29, 0.717) is 12.2 Å². The molecule has 146 valence electrons. The lowest BCUT2D eigenvalue weighted by molar-refractivity contribution is -0.118. The van der Waals surface area contributed by atoms with Gasteiger partial charge in [0.15, 0.2) is 0 Å². The standard InChI is InChI=1S/C24H44O/c1-5-6-7-8-9-10-11-12-13-14-15-16-17-18-19-20-24(25)21-23(4)22(2)3/h12-13H,5-11,14-21H2,1-4H3/b13-12-. The summed E-state index contributed by atoms with van der Waals surface area (Å²) in [5, 5.41) is 0. The molecule has 0 spiro atoms. The van der Waals surface area contributed by atoms with Gasteiger partial charge >= 0.3 is 0 Å². The van der Waals surface area contributed by atoms with E-state index in [4.69, 9.17) is 0 Å². The number of Topliss-reactive ketones (excluding diaryl/α,β-unsaturated/α-hetero) is 1. The maximum absolute atomic E-state index is 11.8. The Morgan fingerprint density at radius 1 is 0.680 bits per heavy atom. The van der Waals surface area contributed by atoms with Gasteiger partial charge in [-0.3, -0.25) is 4.79 Å². The van der Waals surface area contributed by atoms with Crippen molar-refractivity contribution in [3.05, 3.63) is 23.3 Å². The number of ketones is 1. The minimum absolute atomic E-state index is 0.413. The largest absolute Gasteiger partial charge is 0.299 e. The molecule has 0 radical (unpaired) electrons. The Balaban J connectivity index is 3.32. The van der Waals surface area contributed by atoms with Crippen molar-refractivity contribution in [3.63, 3.8) is 0 Å². The molecule has 1 heteroatoms. The minimum atomic E-state index is 0.413. The van der Waals surface area contributed by atoms with E-state index in [1.807, 2.05) is 0 Å². The van der Waals surface area contributed by atoms with Gasteiger partial charge in [-0.1, -0.05) is 81.6 Å². The van der Waals surface area contributed by atoms with Crippen LogP contribution < -0.4 is 0 Å². The molecule has 0 aliphatic carbocycles. The zero-order valence-corrected chi connectivity index (χ0v) is 17.7. The first-order chi connectivity index (χ1) is 12.1. The molecule has 0 aliphatic rings. The van der Waals surface area contributed by atoms with Crippen molar-refractivity contribution in [1.82, 2.24) is 0 Å². The molecule has 0 aliphatic heterocycles. The quantitative estimate of drug-likeness (QED) is 0.191. The van der Waals surface area contributed by atoms with Crippen LogP contribution in [0.4, 0.5) is 0 Å². The molecule has 0 bridgehead atoms. The summed E-state index contributed by atoms with van der Waals surface area (Å²) >= 11 is 0. The number of carbonyl (C=O) groups is 1. The maximum Gasteiger partial charge on any atom is 0.136 e. The Hall–Kier alpha value is -0.850. The third-order valence-corrected chi connectivity index (χ3v) is 5.03. The zero-order chi connectivity index (χ0) is 18.8. The van der Waals surface area contributed by atoms with Crippen LogP contribution in [0.3, 0.4) is 0 Å². The van der Waals surface area contributed by atoms with Crippen molar-refractivity contribution >= 4 is 5.78 Å². The fourth-order valence-electron chi connectivity index (χ4n) is 2.95. The smallest absolute Gasteiger partial charge is 0.136 e. The normalized spacial score (nSPS) is 11.2. The molecule has 0 N–H and O–H groups in total. The second kappa shape index (κ2) is 18.0. The number of hydrogen-bond donors (Lipinski definition) is 0. The van der Waals surface area contributed by atoms with Crippen LogP contribution in [-0.2, 0) is 4.79 Å². The highest BCUT2D eigenvalue weighted by molar-refractivity contribution is 5.80. The van der Waals surface area contributed by atoms with Crippen LogP contribution in [0.5, 0.6) is 0 Å². The third kappa shape index (κ3) is 17.8. The molecule has 0 unspecified atom stereocenters. The summed E-state index contributed by atoms with van der Waals surface area (Å²) < 4.78 is 0. The molecule has 0 aromatic rings.